The van der Waals surface area contributed by atoms with Crippen LogP contribution in [-0.4, -0.2) is 11.1 Å². The minimum atomic E-state index is -0.549. The summed E-state index contributed by atoms with van der Waals surface area (Å²) in [5.41, 5.74) is 3.59. The van der Waals surface area contributed by atoms with Crippen LogP contribution in [0.2, 0.25) is 0 Å². The molecule has 0 aromatic heterocycles. The standard InChI is InChI=1S/C30H46O2/c1-19-11-16-30(25(31)32)18-17-28(6)21(24(30)20(19)2)9-10-23-27(5)14-8-13-26(3,4)22(27)12-15-29(23,28)7/h9-10,19-20,22,24H,8,11-18H2,1-7H3,(H,31,32)/t19-,20+,22+,24+,27+,28-,29-,30+/m1/s1. The van der Waals surface area contributed by atoms with Crippen molar-refractivity contribution in [3.05, 3.63) is 23.3 Å². The molecule has 32 heavy (non-hydrogen) atoms. The normalized spacial score (nSPS) is 51.8. The van der Waals surface area contributed by atoms with Crippen LogP contribution >= 0.6 is 0 Å². The largest absolute Gasteiger partial charge is 0.481 e. The Balaban J connectivity index is 1.67. The summed E-state index contributed by atoms with van der Waals surface area (Å²) < 4.78 is 0. The van der Waals surface area contributed by atoms with Crippen LogP contribution in [0.4, 0.5) is 0 Å². The quantitative estimate of drug-likeness (QED) is 0.450. The van der Waals surface area contributed by atoms with Gasteiger partial charge in [-0.05, 0) is 96.7 Å². The number of carboxylic acid groups (broad SMARTS) is 1. The summed E-state index contributed by atoms with van der Waals surface area (Å²) in [5, 5.41) is 10.5. The van der Waals surface area contributed by atoms with Crippen LogP contribution in [0.3, 0.4) is 0 Å². The molecule has 4 fully saturated rings. The summed E-state index contributed by atoms with van der Waals surface area (Å²) in [5.74, 6) is 1.45. The Morgan fingerprint density at radius 1 is 0.875 bits per heavy atom. The van der Waals surface area contributed by atoms with Gasteiger partial charge in [0.1, 0.15) is 0 Å². The summed E-state index contributed by atoms with van der Waals surface area (Å²) in [7, 11) is 0. The Bertz CT molecular complexity index is 895. The highest BCUT2D eigenvalue weighted by atomic mass is 16.4. The van der Waals surface area contributed by atoms with Gasteiger partial charge in [-0.2, -0.15) is 0 Å². The third-order valence-corrected chi connectivity index (χ3v) is 12.6. The second kappa shape index (κ2) is 6.76. The van der Waals surface area contributed by atoms with Gasteiger partial charge >= 0.3 is 5.97 Å². The number of aliphatic carboxylic acids is 1. The molecule has 2 heteroatoms. The molecule has 5 rings (SSSR count). The van der Waals surface area contributed by atoms with E-state index in [2.05, 4.69) is 60.6 Å². The molecule has 0 aliphatic heterocycles. The van der Waals surface area contributed by atoms with Crippen molar-refractivity contribution < 1.29 is 9.90 Å². The Hall–Kier alpha value is -1.05. The predicted octanol–water partition coefficient (Wildman–Crippen LogP) is 8.04. The lowest BCUT2D eigenvalue weighted by Gasteiger charge is -2.68. The number of carbonyl (C=O) groups is 1. The maximum absolute atomic E-state index is 12.8. The summed E-state index contributed by atoms with van der Waals surface area (Å²) in [6.45, 7) is 17.4. The number of allylic oxidation sites excluding steroid dienone is 4. The summed E-state index contributed by atoms with van der Waals surface area (Å²) in [6.07, 6.45) is 15.4. The van der Waals surface area contributed by atoms with Gasteiger partial charge in [0.05, 0.1) is 5.41 Å². The van der Waals surface area contributed by atoms with Gasteiger partial charge in [-0.15, -0.1) is 0 Å². The Morgan fingerprint density at radius 3 is 2.28 bits per heavy atom. The zero-order chi connectivity index (χ0) is 23.3. The molecular weight excluding hydrogens is 392 g/mol. The molecule has 0 saturated heterocycles. The Morgan fingerprint density at radius 2 is 1.59 bits per heavy atom. The van der Waals surface area contributed by atoms with Crippen molar-refractivity contribution in [2.45, 2.75) is 106 Å². The lowest BCUT2D eigenvalue weighted by Crippen LogP contribution is -2.61. The van der Waals surface area contributed by atoms with Gasteiger partial charge in [0, 0.05) is 0 Å². The van der Waals surface area contributed by atoms with E-state index in [4.69, 9.17) is 0 Å². The first kappa shape index (κ1) is 22.7. The summed E-state index contributed by atoms with van der Waals surface area (Å²) in [4.78, 5) is 12.8. The van der Waals surface area contributed by atoms with Crippen molar-refractivity contribution in [1.82, 2.24) is 0 Å². The topological polar surface area (TPSA) is 37.3 Å². The molecular formula is C30H46O2. The van der Waals surface area contributed by atoms with Crippen molar-refractivity contribution in [3.63, 3.8) is 0 Å². The van der Waals surface area contributed by atoms with Crippen LogP contribution in [0.5, 0.6) is 0 Å². The van der Waals surface area contributed by atoms with E-state index < -0.39 is 11.4 Å². The highest BCUT2D eigenvalue weighted by molar-refractivity contribution is 5.77. The molecule has 0 unspecified atom stereocenters. The molecule has 1 N–H and O–H groups in total. The van der Waals surface area contributed by atoms with Crippen molar-refractivity contribution in [1.29, 1.82) is 0 Å². The average Bonchev–Trinajstić information content (AvgIpc) is 2.70. The fourth-order valence-corrected chi connectivity index (χ4v) is 10.3. The van der Waals surface area contributed by atoms with Crippen molar-refractivity contribution in [2.24, 2.45) is 50.7 Å². The molecule has 0 aromatic carbocycles. The average molecular weight is 439 g/mol. The maximum atomic E-state index is 12.8. The minimum absolute atomic E-state index is 0.0849. The van der Waals surface area contributed by atoms with Crippen LogP contribution in [0.1, 0.15) is 106 Å². The summed E-state index contributed by atoms with van der Waals surface area (Å²) in [6, 6.07) is 0. The second-order valence-corrected chi connectivity index (χ2v) is 14.0. The number of hydrogen-bond acceptors (Lipinski definition) is 1. The van der Waals surface area contributed by atoms with E-state index in [9.17, 15) is 9.90 Å². The molecule has 0 amide bonds. The van der Waals surface area contributed by atoms with E-state index in [0.29, 0.717) is 17.3 Å². The molecule has 0 aromatic rings. The molecule has 4 saturated carbocycles. The molecule has 0 spiro atoms. The molecule has 0 radical (unpaired) electrons. The van der Waals surface area contributed by atoms with Crippen LogP contribution in [0.15, 0.2) is 23.3 Å². The van der Waals surface area contributed by atoms with E-state index in [1.165, 1.54) is 37.7 Å². The van der Waals surface area contributed by atoms with E-state index >= 15 is 0 Å². The van der Waals surface area contributed by atoms with Crippen molar-refractivity contribution >= 4 is 5.97 Å². The zero-order valence-electron chi connectivity index (χ0n) is 21.7. The molecule has 2 nitrogen and oxygen atoms in total. The van der Waals surface area contributed by atoms with Crippen LogP contribution < -0.4 is 0 Å². The first-order valence-electron chi connectivity index (χ1n) is 13.5. The van der Waals surface area contributed by atoms with Crippen LogP contribution in [0, 0.1) is 50.7 Å². The van der Waals surface area contributed by atoms with Gasteiger partial charge < -0.3 is 5.11 Å². The third kappa shape index (κ3) is 2.56. The van der Waals surface area contributed by atoms with Crippen LogP contribution in [-0.2, 0) is 4.79 Å². The number of carboxylic acids is 1. The zero-order valence-corrected chi connectivity index (χ0v) is 21.7. The first-order chi connectivity index (χ1) is 14.8. The lowest BCUT2D eigenvalue weighted by atomic mass is 9.36. The van der Waals surface area contributed by atoms with Gasteiger partial charge in [-0.3, -0.25) is 4.79 Å². The number of rotatable bonds is 1. The molecule has 5 aliphatic carbocycles. The number of fused-ring (bicyclic) bond motifs is 7. The SMILES string of the molecule is C[C@H]1[C@H](C)CC[C@]2(C(=O)O)CC[C@]3(C)C(=CC=C4[C@@]5(C)CCCC(C)(C)[C@@H]5CC[C@]43C)[C@H]12. The minimum Gasteiger partial charge on any atom is -0.481 e. The lowest BCUT2D eigenvalue weighted by molar-refractivity contribution is -0.165. The van der Waals surface area contributed by atoms with E-state index in [0.717, 1.165) is 31.6 Å². The molecule has 8 atom stereocenters. The van der Waals surface area contributed by atoms with E-state index in [1.807, 2.05) is 0 Å². The highest BCUT2D eigenvalue weighted by Gasteiger charge is 2.67. The number of hydrogen-bond donors (Lipinski definition) is 1. The van der Waals surface area contributed by atoms with E-state index in [-0.39, 0.29) is 22.2 Å². The third-order valence-electron chi connectivity index (χ3n) is 12.6. The Kier molecular flexibility index (Phi) is 4.80. The molecule has 0 bridgehead atoms. The van der Waals surface area contributed by atoms with E-state index in [1.54, 1.807) is 5.57 Å². The maximum Gasteiger partial charge on any atom is 0.310 e. The fraction of sp³-hybridized carbons (Fsp3) is 0.833. The van der Waals surface area contributed by atoms with Gasteiger partial charge in [0.25, 0.3) is 0 Å². The first-order valence-corrected chi connectivity index (χ1v) is 13.5. The van der Waals surface area contributed by atoms with Crippen molar-refractivity contribution in [3.8, 4) is 0 Å². The van der Waals surface area contributed by atoms with Gasteiger partial charge in [0.15, 0.2) is 0 Å². The second-order valence-electron chi connectivity index (χ2n) is 14.0. The van der Waals surface area contributed by atoms with Gasteiger partial charge in [0.2, 0.25) is 0 Å². The molecule has 5 aliphatic rings. The van der Waals surface area contributed by atoms with Gasteiger partial charge in [-0.1, -0.05) is 78.2 Å². The van der Waals surface area contributed by atoms with Gasteiger partial charge in [-0.25, -0.2) is 0 Å². The van der Waals surface area contributed by atoms with Crippen LogP contribution in [0.25, 0.3) is 0 Å². The highest BCUT2D eigenvalue weighted by Crippen LogP contribution is 2.74. The molecule has 0 heterocycles. The fourth-order valence-electron chi connectivity index (χ4n) is 10.3. The monoisotopic (exact) mass is 438 g/mol. The predicted molar refractivity (Wildman–Crippen MR) is 131 cm³/mol. The Labute approximate surface area is 196 Å². The summed E-state index contributed by atoms with van der Waals surface area (Å²) >= 11 is 0. The van der Waals surface area contributed by atoms with Crippen molar-refractivity contribution in [2.75, 3.05) is 0 Å². The molecule has 178 valence electrons. The smallest absolute Gasteiger partial charge is 0.310 e.